The van der Waals surface area contributed by atoms with Gasteiger partial charge in [0.15, 0.2) is 0 Å². The minimum atomic E-state index is -1.02. The first-order valence-electron chi connectivity index (χ1n) is 7.30. The highest BCUT2D eigenvalue weighted by atomic mass is 16.4. The highest BCUT2D eigenvalue weighted by molar-refractivity contribution is 5.90. The normalized spacial score (nSPS) is 24.5. The molecule has 19 heavy (non-hydrogen) atoms. The van der Waals surface area contributed by atoms with Crippen LogP contribution >= 0.6 is 0 Å². The summed E-state index contributed by atoms with van der Waals surface area (Å²) in [5, 5.41) is 9.54. The predicted octanol–water partition coefficient (Wildman–Crippen LogP) is 1.75. The van der Waals surface area contributed by atoms with Crippen molar-refractivity contribution in [2.24, 2.45) is 5.73 Å². The van der Waals surface area contributed by atoms with Gasteiger partial charge in [-0.2, -0.15) is 0 Å². The lowest BCUT2D eigenvalue weighted by Gasteiger charge is -2.36. The maximum Gasteiger partial charge on any atom is 0.329 e. The molecule has 110 valence electrons. The van der Waals surface area contributed by atoms with Crippen LogP contribution in [-0.4, -0.2) is 40.0 Å². The van der Waals surface area contributed by atoms with Crippen molar-refractivity contribution in [3.8, 4) is 0 Å². The second kappa shape index (κ2) is 6.89. The number of nitrogens with zero attached hydrogens (tertiary/aromatic N) is 1. The molecule has 1 unspecified atom stereocenters. The highest BCUT2D eigenvalue weighted by Gasteiger charge is 2.49. The largest absolute Gasteiger partial charge is 0.479 e. The van der Waals surface area contributed by atoms with Crippen molar-refractivity contribution in [3.05, 3.63) is 0 Å². The van der Waals surface area contributed by atoms with Gasteiger partial charge in [-0.1, -0.05) is 33.1 Å². The Morgan fingerprint density at radius 1 is 1.37 bits per heavy atom. The predicted molar refractivity (Wildman–Crippen MR) is 73.7 cm³/mol. The van der Waals surface area contributed by atoms with Gasteiger partial charge in [0.2, 0.25) is 5.91 Å². The van der Waals surface area contributed by atoms with E-state index in [1.165, 1.54) is 4.90 Å². The van der Waals surface area contributed by atoms with Crippen molar-refractivity contribution < 1.29 is 14.7 Å². The number of carbonyl (C=O) groups excluding carboxylic acids is 1. The van der Waals surface area contributed by atoms with Gasteiger partial charge in [0.05, 0.1) is 6.04 Å². The molecule has 1 aliphatic heterocycles. The van der Waals surface area contributed by atoms with Crippen LogP contribution in [0, 0.1) is 0 Å². The van der Waals surface area contributed by atoms with Crippen molar-refractivity contribution in [1.82, 2.24) is 4.90 Å². The maximum absolute atomic E-state index is 12.4. The molecule has 0 radical (unpaired) electrons. The summed E-state index contributed by atoms with van der Waals surface area (Å²) in [7, 11) is 0. The van der Waals surface area contributed by atoms with Crippen molar-refractivity contribution in [2.75, 3.05) is 6.54 Å². The van der Waals surface area contributed by atoms with Gasteiger partial charge in [-0.15, -0.1) is 0 Å². The number of likely N-dealkylation sites (tertiary alicyclic amines) is 1. The number of hydrogen-bond acceptors (Lipinski definition) is 3. The average molecular weight is 270 g/mol. The van der Waals surface area contributed by atoms with Gasteiger partial charge in [-0.3, -0.25) is 4.79 Å². The molecule has 0 bridgehead atoms. The summed E-state index contributed by atoms with van der Waals surface area (Å²) in [5.74, 6) is -1.08. The minimum absolute atomic E-state index is 0.193. The van der Waals surface area contributed by atoms with Crippen LogP contribution in [0.2, 0.25) is 0 Å². The van der Waals surface area contributed by atoms with Gasteiger partial charge in [-0.05, 0) is 25.7 Å². The Morgan fingerprint density at radius 2 is 2.05 bits per heavy atom. The van der Waals surface area contributed by atoms with Gasteiger partial charge in [0.1, 0.15) is 5.54 Å². The standard InChI is InChI=1S/C14H26N2O3/c1-3-5-7-11(15)12(17)16-10-6-9-14(16,8-4-2)13(18)19/h11H,3-10,15H2,1-2H3,(H,18,19)/t11-,14?/m0/s1. The lowest BCUT2D eigenvalue weighted by molar-refractivity contribution is -0.157. The third kappa shape index (κ3) is 3.26. The van der Waals surface area contributed by atoms with Crippen LogP contribution in [0.1, 0.15) is 58.8 Å². The Morgan fingerprint density at radius 3 is 2.58 bits per heavy atom. The fourth-order valence-corrected chi connectivity index (χ4v) is 2.95. The van der Waals surface area contributed by atoms with Crippen molar-refractivity contribution in [3.63, 3.8) is 0 Å². The molecule has 5 nitrogen and oxygen atoms in total. The van der Waals surface area contributed by atoms with E-state index in [-0.39, 0.29) is 5.91 Å². The molecule has 1 aliphatic rings. The van der Waals surface area contributed by atoms with Crippen LogP contribution in [0.3, 0.4) is 0 Å². The zero-order valence-corrected chi connectivity index (χ0v) is 12.0. The summed E-state index contributed by atoms with van der Waals surface area (Å²) in [6.45, 7) is 4.51. The first-order valence-corrected chi connectivity index (χ1v) is 7.30. The summed E-state index contributed by atoms with van der Waals surface area (Å²) in [6.07, 6.45) is 5.07. The van der Waals surface area contributed by atoms with Gasteiger partial charge in [0.25, 0.3) is 0 Å². The van der Waals surface area contributed by atoms with Crippen LogP contribution in [0.5, 0.6) is 0 Å². The van der Waals surface area contributed by atoms with E-state index in [0.29, 0.717) is 25.8 Å². The number of amides is 1. The number of aliphatic carboxylic acids is 1. The maximum atomic E-state index is 12.4. The molecule has 1 amide bonds. The molecule has 0 aromatic carbocycles. The van der Waals surface area contributed by atoms with E-state index in [9.17, 15) is 14.7 Å². The zero-order chi connectivity index (χ0) is 14.5. The summed E-state index contributed by atoms with van der Waals surface area (Å²) in [5.41, 5.74) is 4.90. The molecule has 3 N–H and O–H groups in total. The molecular weight excluding hydrogens is 244 g/mol. The summed E-state index contributed by atoms with van der Waals surface area (Å²) >= 11 is 0. The molecule has 0 aromatic rings. The minimum Gasteiger partial charge on any atom is -0.479 e. The number of rotatable bonds is 7. The van der Waals surface area contributed by atoms with Crippen LogP contribution in [0.4, 0.5) is 0 Å². The van der Waals surface area contributed by atoms with E-state index in [0.717, 1.165) is 25.7 Å². The second-order valence-corrected chi connectivity index (χ2v) is 5.43. The van der Waals surface area contributed by atoms with Crippen LogP contribution in [-0.2, 0) is 9.59 Å². The van der Waals surface area contributed by atoms with E-state index in [4.69, 9.17) is 5.73 Å². The smallest absolute Gasteiger partial charge is 0.329 e. The molecular formula is C14H26N2O3. The molecule has 1 saturated heterocycles. The lowest BCUT2D eigenvalue weighted by Crippen LogP contribution is -2.57. The lowest BCUT2D eigenvalue weighted by atomic mass is 9.90. The fraction of sp³-hybridized carbons (Fsp3) is 0.857. The molecule has 1 fully saturated rings. The van der Waals surface area contributed by atoms with Crippen LogP contribution < -0.4 is 5.73 Å². The average Bonchev–Trinajstić information content (AvgIpc) is 2.80. The van der Waals surface area contributed by atoms with E-state index < -0.39 is 17.6 Å². The monoisotopic (exact) mass is 270 g/mol. The van der Waals surface area contributed by atoms with Crippen LogP contribution in [0.15, 0.2) is 0 Å². The Balaban J connectivity index is 2.84. The van der Waals surface area contributed by atoms with E-state index in [2.05, 4.69) is 0 Å². The molecule has 5 heteroatoms. The van der Waals surface area contributed by atoms with Crippen molar-refractivity contribution in [2.45, 2.75) is 70.4 Å². The van der Waals surface area contributed by atoms with Gasteiger partial charge >= 0.3 is 5.97 Å². The zero-order valence-electron chi connectivity index (χ0n) is 12.0. The van der Waals surface area contributed by atoms with Crippen molar-refractivity contribution >= 4 is 11.9 Å². The number of hydrogen-bond donors (Lipinski definition) is 2. The first-order chi connectivity index (χ1) is 8.99. The molecule has 0 spiro atoms. The third-order valence-electron chi connectivity index (χ3n) is 4.00. The molecule has 0 saturated carbocycles. The Bertz CT molecular complexity index is 333. The molecule has 0 aliphatic carbocycles. The van der Waals surface area contributed by atoms with Crippen LogP contribution in [0.25, 0.3) is 0 Å². The number of carboxylic acids is 1. The highest BCUT2D eigenvalue weighted by Crippen LogP contribution is 2.34. The number of carbonyl (C=O) groups is 2. The molecule has 1 heterocycles. The number of unbranched alkanes of at least 4 members (excludes halogenated alkanes) is 1. The van der Waals surface area contributed by atoms with E-state index in [1.54, 1.807) is 0 Å². The second-order valence-electron chi connectivity index (χ2n) is 5.43. The van der Waals surface area contributed by atoms with E-state index >= 15 is 0 Å². The van der Waals surface area contributed by atoms with Gasteiger partial charge in [0, 0.05) is 6.54 Å². The molecule has 0 aromatic heterocycles. The molecule has 1 rings (SSSR count). The summed E-state index contributed by atoms with van der Waals surface area (Å²) < 4.78 is 0. The Kier molecular flexibility index (Phi) is 5.79. The summed E-state index contributed by atoms with van der Waals surface area (Å²) in [6, 6.07) is -0.561. The third-order valence-corrected chi connectivity index (χ3v) is 4.00. The Labute approximate surface area is 115 Å². The van der Waals surface area contributed by atoms with Crippen molar-refractivity contribution in [1.29, 1.82) is 0 Å². The Hall–Kier alpha value is -1.10. The van der Waals surface area contributed by atoms with Gasteiger partial charge < -0.3 is 15.7 Å². The fourth-order valence-electron chi connectivity index (χ4n) is 2.95. The van der Waals surface area contributed by atoms with E-state index in [1.807, 2.05) is 13.8 Å². The number of carboxylic acid groups (broad SMARTS) is 1. The summed E-state index contributed by atoms with van der Waals surface area (Å²) in [4.78, 5) is 25.5. The van der Waals surface area contributed by atoms with Gasteiger partial charge in [-0.25, -0.2) is 4.79 Å². The first kappa shape index (κ1) is 16.0. The molecule has 2 atom stereocenters. The SMILES string of the molecule is CCCC[C@H](N)C(=O)N1CCCC1(CCC)C(=O)O. The quantitative estimate of drug-likeness (QED) is 0.738. The number of nitrogens with two attached hydrogens (primary N) is 1. The topological polar surface area (TPSA) is 83.6 Å².